The van der Waals surface area contributed by atoms with Crippen molar-refractivity contribution in [3.05, 3.63) is 34.9 Å². The first-order chi connectivity index (χ1) is 20.1. The Morgan fingerprint density at radius 3 is 2.48 bits per heavy atom. The van der Waals surface area contributed by atoms with Gasteiger partial charge in [-0.15, -0.1) is 0 Å². The van der Waals surface area contributed by atoms with Crippen molar-refractivity contribution in [2.24, 2.45) is 45.8 Å². The smallest absolute Gasteiger partial charge is 0.118 e. The van der Waals surface area contributed by atoms with Gasteiger partial charge in [0.15, 0.2) is 0 Å². The minimum absolute atomic E-state index is 0.380. The molecule has 1 N–H and O–H groups in total. The highest BCUT2D eigenvalue weighted by molar-refractivity contribution is 7.91. The van der Waals surface area contributed by atoms with E-state index in [2.05, 4.69) is 63.1 Å². The summed E-state index contributed by atoms with van der Waals surface area (Å²) >= 11 is -0.575. The summed E-state index contributed by atoms with van der Waals surface area (Å²) in [6, 6.07) is 0. The van der Waals surface area contributed by atoms with E-state index in [1.165, 1.54) is 77.0 Å². The van der Waals surface area contributed by atoms with E-state index in [1.54, 1.807) is 16.7 Å². The number of hydrogen-bond acceptors (Lipinski definition) is 3. The van der Waals surface area contributed by atoms with Crippen molar-refractivity contribution in [1.29, 1.82) is 0 Å². The highest BCUT2D eigenvalue weighted by atomic mass is 32.2. The zero-order valence-corrected chi connectivity index (χ0v) is 28.4. The number of allylic oxidation sites excluding steroid dienone is 6. The van der Waals surface area contributed by atoms with Crippen LogP contribution in [-0.2, 0) is 11.2 Å². The van der Waals surface area contributed by atoms with Crippen LogP contribution in [-0.4, -0.2) is 52.7 Å². The van der Waals surface area contributed by atoms with Crippen molar-refractivity contribution in [2.75, 3.05) is 37.7 Å². The van der Waals surface area contributed by atoms with Crippen molar-refractivity contribution >= 4 is 11.2 Å². The SMILES string of the molecule is CC1=CC=C(C2=CCC3(C)C(CCC4(C)C3CCC3[C@H]5CCCC5(NCCN5CC[S+]([O-])CC5)CC[C@]34C)C2C)CC1. The molecule has 42 heavy (non-hydrogen) atoms. The molecule has 234 valence electrons. The second-order valence-electron chi connectivity index (χ2n) is 16.9. The van der Waals surface area contributed by atoms with Crippen molar-refractivity contribution < 1.29 is 4.55 Å². The molecule has 5 fully saturated rings. The maximum atomic E-state index is 11.8. The molecule has 1 saturated heterocycles. The molecule has 0 aromatic rings. The van der Waals surface area contributed by atoms with Gasteiger partial charge in [0.1, 0.15) is 11.5 Å². The molecule has 0 aromatic carbocycles. The Balaban J connectivity index is 1.09. The van der Waals surface area contributed by atoms with Crippen molar-refractivity contribution in [1.82, 2.24) is 10.2 Å². The van der Waals surface area contributed by atoms with Crippen LogP contribution in [0.3, 0.4) is 0 Å². The molecule has 7 rings (SSSR count). The molecule has 0 radical (unpaired) electrons. The molecular formula is C38H60N2OS. The van der Waals surface area contributed by atoms with Crippen LogP contribution in [0.5, 0.6) is 0 Å². The third-order valence-electron chi connectivity index (χ3n) is 15.5. The summed E-state index contributed by atoms with van der Waals surface area (Å²) in [6.07, 6.45) is 24.2. The number of nitrogens with zero attached hydrogens (tertiary/aromatic N) is 1. The molecule has 9 atom stereocenters. The lowest BCUT2D eigenvalue weighted by Gasteiger charge is -2.71. The number of rotatable bonds is 5. The fourth-order valence-electron chi connectivity index (χ4n) is 12.9. The normalized spacial score (nSPS) is 47.9. The largest absolute Gasteiger partial charge is 0.616 e. The van der Waals surface area contributed by atoms with Crippen LogP contribution in [0.4, 0.5) is 0 Å². The summed E-state index contributed by atoms with van der Waals surface area (Å²) in [6.45, 7) is 17.5. The first kappa shape index (κ1) is 30.1. The van der Waals surface area contributed by atoms with Crippen LogP contribution in [0.25, 0.3) is 0 Å². The van der Waals surface area contributed by atoms with Crippen molar-refractivity contribution in [3.8, 4) is 0 Å². The van der Waals surface area contributed by atoms with Crippen LogP contribution in [0, 0.1) is 45.8 Å². The molecule has 1 aliphatic heterocycles. The van der Waals surface area contributed by atoms with Crippen molar-refractivity contribution in [2.45, 2.75) is 117 Å². The Hall–Kier alpha value is -0.550. The minimum Gasteiger partial charge on any atom is -0.616 e. The lowest BCUT2D eigenvalue weighted by Crippen LogP contribution is -2.67. The molecule has 4 saturated carbocycles. The predicted octanol–water partition coefficient (Wildman–Crippen LogP) is 8.06. The predicted molar refractivity (Wildman–Crippen MR) is 178 cm³/mol. The number of nitrogens with one attached hydrogen (secondary N) is 1. The van der Waals surface area contributed by atoms with Gasteiger partial charge in [0.05, 0.1) is 0 Å². The van der Waals surface area contributed by atoms with Crippen molar-refractivity contribution in [3.63, 3.8) is 0 Å². The number of fused-ring (bicyclic) bond motifs is 7. The first-order valence-electron chi connectivity index (χ1n) is 18.0. The monoisotopic (exact) mass is 592 g/mol. The maximum absolute atomic E-state index is 11.8. The maximum Gasteiger partial charge on any atom is 0.118 e. The molecule has 0 amide bonds. The summed E-state index contributed by atoms with van der Waals surface area (Å²) in [5, 5.41) is 4.25. The standard InChI is InChI=1S/C38H60N2OS/c1-27-8-10-29(11-9-27)30-14-17-35(3)31(28(30)2)15-18-37(5)34(35)13-12-32-33-7-6-16-38(33,20-19-36(32,37)4)39-21-22-40-23-25-42(41)26-24-40/h8,10,14,28,31-34,39H,6-7,9,11-13,15-26H2,1-5H3/t28?,31?,32?,33-,34?,35?,36-,37?,38?/m1/s1. The molecule has 6 aliphatic carbocycles. The highest BCUT2D eigenvalue weighted by Crippen LogP contribution is 2.75. The summed E-state index contributed by atoms with van der Waals surface area (Å²) in [4.78, 5) is 2.56. The second-order valence-corrected chi connectivity index (χ2v) is 18.5. The molecule has 7 unspecified atom stereocenters. The minimum atomic E-state index is -0.575. The average molecular weight is 593 g/mol. The van der Waals surface area contributed by atoms with Gasteiger partial charge in [0.25, 0.3) is 0 Å². The summed E-state index contributed by atoms with van der Waals surface area (Å²) in [5.74, 6) is 5.90. The Kier molecular flexibility index (Phi) is 7.93. The summed E-state index contributed by atoms with van der Waals surface area (Å²) < 4.78 is 11.8. The van der Waals surface area contributed by atoms with E-state index in [-0.39, 0.29) is 0 Å². The topological polar surface area (TPSA) is 38.3 Å². The fourth-order valence-corrected chi connectivity index (χ4v) is 14.0. The van der Waals surface area contributed by atoms with Gasteiger partial charge in [-0.1, -0.05) is 69.1 Å². The van der Waals surface area contributed by atoms with Crippen LogP contribution in [0.2, 0.25) is 0 Å². The molecule has 7 aliphatic rings. The van der Waals surface area contributed by atoms with Crippen LogP contribution in [0.15, 0.2) is 34.9 Å². The summed E-state index contributed by atoms with van der Waals surface area (Å²) in [7, 11) is 0. The molecule has 3 nitrogen and oxygen atoms in total. The molecule has 0 bridgehead atoms. The van der Waals surface area contributed by atoms with Gasteiger partial charge in [0, 0.05) is 31.7 Å². The van der Waals surface area contributed by atoms with E-state index in [4.69, 9.17) is 0 Å². The first-order valence-corrected chi connectivity index (χ1v) is 19.5. The van der Waals surface area contributed by atoms with E-state index < -0.39 is 11.2 Å². The van der Waals surface area contributed by atoms with E-state index in [9.17, 15) is 4.55 Å². The van der Waals surface area contributed by atoms with Gasteiger partial charge in [-0.2, -0.15) is 0 Å². The lowest BCUT2D eigenvalue weighted by atomic mass is 9.34. The van der Waals surface area contributed by atoms with Gasteiger partial charge in [-0.05, 0) is 135 Å². The average Bonchev–Trinajstić information content (AvgIpc) is 3.39. The zero-order chi connectivity index (χ0) is 29.3. The van der Waals surface area contributed by atoms with Crippen LogP contribution >= 0.6 is 0 Å². The Morgan fingerprint density at radius 2 is 1.71 bits per heavy atom. The third-order valence-corrected chi connectivity index (χ3v) is 16.7. The Morgan fingerprint density at radius 1 is 0.905 bits per heavy atom. The summed E-state index contributed by atoms with van der Waals surface area (Å²) in [5.41, 5.74) is 6.67. The fraction of sp³-hybridized carbons (Fsp3) is 0.842. The van der Waals surface area contributed by atoms with Gasteiger partial charge < -0.3 is 9.87 Å². The van der Waals surface area contributed by atoms with Gasteiger partial charge in [-0.3, -0.25) is 4.90 Å². The second kappa shape index (κ2) is 11.1. The molecule has 0 aromatic heterocycles. The highest BCUT2D eigenvalue weighted by Gasteiger charge is 2.68. The number of hydrogen-bond donors (Lipinski definition) is 1. The van der Waals surface area contributed by atoms with Gasteiger partial charge in [0.2, 0.25) is 0 Å². The van der Waals surface area contributed by atoms with Gasteiger partial charge >= 0.3 is 0 Å². The van der Waals surface area contributed by atoms with Crippen LogP contribution < -0.4 is 5.32 Å². The van der Waals surface area contributed by atoms with Gasteiger partial charge in [-0.25, -0.2) is 0 Å². The van der Waals surface area contributed by atoms with E-state index in [1.807, 2.05) is 0 Å². The zero-order valence-electron chi connectivity index (χ0n) is 27.6. The molecular weight excluding hydrogens is 532 g/mol. The molecule has 0 spiro atoms. The van der Waals surface area contributed by atoms with E-state index in [0.717, 1.165) is 61.4 Å². The quantitative estimate of drug-likeness (QED) is 0.328. The Labute approximate surface area is 261 Å². The van der Waals surface area contributed by atoms with Crippen LogP contribution in [0.1, 0.15) is 112 Å². The molecule has 1 heterocycles. The van der Waals surface area contributed by atoms with E-state index >= 15 is 0 Å². The lowest BCUT2D eigenvalue weighted by molar-refractivity contribution is -0.212. The van der Waals surface area contributed by atoms with E-state index in [0.29, 0.717) is 27.7 Å². The molecule has 4 heteroatoms. The third kappa shape index (κ3) is 4.61. The Bertz CT molecular complexity index is 1140.